The number of amides is 1. The van der Waals surface area contributed by atoms with Gasteiger partial charge < -0.3 is 10.1 Å². The van der Waals surface area contributed by atoms with Gasteiger partial charge in [-0.05, 0) is 37.6 Å². The summed E-state index contributed by atoms with van der Waals surface area (Å²) in [5.74, 6) is -0.107. The Morgan fingerprint density at radius 1 is 1.20 bits per heavy atom. The van der Waals surface area contributed by atoms with Gasteiger partial charge in [0.05, 0.1) is 23.4 Å². The molecular weight excluding hydrogens is 395 g/mol. The van der Waals surface area contributed by atoms with E-state index in [1.807, 2.05) is 36.4 Å². The van der Waals surface area contributed by atoms with Crippen molar-refractivity contribution in [2.45, 2.75) is 31.5 Å². The zero-order valence-electron chi connectivity index (χ0n) is 16.2. The van der Waals surface area contributed by atoms with Crippen LogP contribution < -0.4 is 10.1 Å². The van der Waals surface area contributed by atoms with Crippen molar-refractivity contribution in [1.29, 1.82) is 0 Å². The molecule has 1 saturated carbocycles. The fourth-order valence-electron chi connectivity index (χ4n) is 3.39. The zero-order chi connectivity index (χ0) is 21.3. The molecule has 1 unspecified atom stereocenters. The second-order valence-electron chi connectivity index (χ2n) is 7.43. The molecule has 1 N–H and O–H groups in total. The number of hydrogen-bond donors (Lipinski definition) is 1. The fourth-order valence-corrected chi connectivity index (χ4v) is 3.39. The molecule has 3 aromatic rings. The summed E-state index contributed by atoms with van der Waals surface area (Å²) in [6.07, 6.45) is -2.44. The first kappa shape index (κ1) is 20.1. The standard InChI is InChI=1S/C22H20F3N3O2/c1-13(18-9-7-15(11-26-18)30-12-22(23,24)25)27-21(29)17-10-16(17)20-8-6-14-4-2-3-5-19(14)28-20/h2-9,11,13,16-17H,10,12H2,1H3,(H,27,29)/t13?,16-,17-/m0/s1. The minimum atomic E-state index is -4.40. The number of nitrogens with one attached hydrogen (secondary N) is 1. The molecule has 2 heterocycles. The second kappa shape index (κ2) is 7.93. The van der Waals surface area contributed by atoms with Crippen LogP contribution >= 0.6 is 0 Å². The van der Waals surface area contributed by atoms with Crippen LogP contribution in [0.15, 0.2) is 54.7 Å². The number of ether oxygens (including phenoxy) is 1. The largest absolute Gasteiger partial charge is 0.483 e. The highest BCUT2D eigenvalue weighted by Gasteiger charge is 2.45. The highest BCUT2D eigenvalue weighted by Crippen LogP contribution is 2.47. The SMILES string of the molecule is CC(NC(=O)[C@H]1C[C@@H]1c1ccc2ccccc2n1)c1ccc(OCC(F)(F)F)cn1. The van der Waals surface area contributed by atoms with Gasteiger partial charge in [-0.15, -0.1) is 0 Å². The van der Waals surface area contributed by atoms with Crippen LogP contribution in [0.25, 0.3) is 10.9 Å². The summed E-state index contributed by atoms with van der Waals surface area (Å²) in [6, 6.07) is 14.4. The Kier molecular flexibility index (Phi) is 5.32. The molecule has 4 rings (SSSR count). The van der Waals surface area contributed by atoms with E-state index in [2.05, 4.69) is 20.0 Å². The third kappa shape index (κ3) is 4.69. The van der Waals surface area contributed by atoms with Gasteiger partial charge >= 0.3 is 6.18 Å². The van der Waals surface area contributed by atoms with Crippen LogP contribution in [-0.2, 0) is 4.79 Å². The highest BCUT2D eigenvalue weighted by molar-refractivity contribution is 5.84. The summed E-state index contributed by atoms with van der Waals surface area (Å²) >= 11 is 0. The molecule has 0 radical (unpaired) electrons. The number of alkyl halides is 3. The van der Waals surface area contributed by atoms with Gasteiger partial charge in [0.25, 0.3) is 0 Å². The van der Waals surface area contributed by atoms with Crippen LogP contribution in [0.5, 0.6) is 5.75 Å². The van der Waals surface area contributed by atoms with Crippen molar-refractivity contribution in [1.82, 2.24) is 15.3 Å². The van der Waals surface area contributed by atoms with Crippen LogP contribution in [0.1, 0.15) is 36.7 Å². The molecule has 5 nitrogen and oxygen atoms in total. The van der Waals surface area contributed by atoms with E-state index < -0.39 is 12.8 Å². The topological polar surface area (TPSA) is 64.1 Å². The number of fused-ring (bicyclic) bond motifs is 1. The maximum absolute atomic E-state index is 12.6. The Labute approximate surface area is 171 Å². The molecule has 3 atom stereocenters. The number of nitrogens with zero attached hydrogens (tertiary/aromatic N) is 2. The lowest BCUT2D eigenvalue weighted by molar-refractivity contribution is -0.153. The number of pyridine rings is 2. The number of halogens is 3. The van der Waals surface area contributed by atoms with E-state index in [9.17, 15) is 18.0 Å². The predicted molar refractivity (Wildman–Crippen MR) is 105 cm³/mol. The average Bonchev–Trinajstić information content (AvgIpc) is 3.53. The molecule has 0 saturated heterocycles. The van der Waals surface area contributed by atoms with Gasteiger partial charge in [-0.1, -0.05) is 24.3 Å². The monoisotopic (exact) mass is 415 g/mol. The molecule has 8 heteroatoms. The van der Waals surface area contributed by atoms with Crippen LogP contribution in [0.3, 0.4) is 0 Å². The van der Waals surface area contributed by atoms with E-state index >= 15 is 0 Å². The fraction of sp³-hybridized carbons (Fsp3) is 0.318. The predicted octanol–water partition coefficient (Wildman–Crippen LogP) is 4.55. The van der Waals surface area contributed by atoms with Crippen molar-refractivity contribution >= 4 is 16.8 Å². The van der Waals surface area contributed by atoms with Crippen molar-refractivity contribution in [3.05, 3.63) is 66.1 Å². The maximum Gasteiger partial charge on any atom is 0.422 e. The van der Waals surface area contributed by atoms with Crippen LogP contribution in [0, 0.1) is 5.92 Å². The summed E-state index contributed by atoms with van der Waals surface area (Å²) < 4.78 is 41.3. The van der Waals surface area contributed by atoms with Gasteiger partial charge in [-0.3, -0.25) is 14.8 Å². The first-order valence-electron chi connectivity index (χ1n) is 9.62. The highest BCUT2D eigenvalue weighted by atomic mass is 19.4. The Bertz CT molecular complexity index is 1050. The van der Waals surface area contributed by atoms with E-state index in [-0.39, 0.29) is 29.5 Å². The first-order valence-corrected chi connectivity index (χ1v) is 9.62. The maximum atomic E-state index is 12.6. The number of aromatic nitrogens is 2. The summed E-state index contributed by atoms with van der Waals surface area (Å²) in [7, 11) is 0. The minimum Gasteiger partial charge on any atom is -0.483 e. The van der Waals surface area contributed by atoms with E-state index in [1.54, 1.807) is 13.0 Å². The van der Waals surface area contributed by atoms with Gasteiger partial charge in [0.2, 0.25) is 5.91 Å². The third-order valence-corrected chi connectivity index (χ3v) is 5.09. The van der Waals surface area contributed by atoms with Gasteiger partial charge in [0, 0.05) is 22.9 Å². The van der Waals surface area contributed by atoms with E-state index in [0.29, 0.717) is 5.69 Å². The molecular formula is C22H20F3N3O2. The molecule has 1 amide bonds. The van der Waals surface area contributed by atoms with Crippen LogP contribution in [-0.4, -0.2) is 28.7 Å². The Morgan fingerprint density at radius 3 is 2.73 bits per heavy atom. The molecule has 30 heavy (non-hydrogen) atoms. The van der Waals surface area contributed by atoms with Gasteiger partial charge in [-0.2, -0.15) is 13.2 Å². The molecule has 156 valence electrons. The summed E-state index contributed by atoms with van der Waals surface area (Å²) in [5.41, 5.74) is 2.36. The number of hydrogen-bond acceptors (Lipinski definition) is 4. The summed E-state index contributed by atoms with van der Waals surface area (Å²) in [5, 5.41) is 3.98. The Morgan fingerprint density at radius 2 is 2.00 bits per heavy atom. The van der Waals surface area contributed by atoms with Crippen molar-refractivity contribution < 1.29 is 22.7 Å². The molecule has 0 spiro atoms. The van der Waals surface area contributed by atoms with Gasteiger partial charge in [-0.25, -0.2) is 0 Å². The molecule has 0 bridgehead atoms. The normalized spacial score (nSPS) is 19.3. The van der Waals surface area contributed by atoms with Crippen molar-refractivity contribution in [2.75, 3.05) is 6.61 Å². The lowest BCUT2D eigenvalue weighted by atomic mass is 10.1. The smallest absolute Gasteiger partial charge is 0.422 e. The molecule has 1 aliphatic carbocycles. The molecule has 1 fully saturated rings. The number of para-hydroxylation sites is 1. The number of rotatable bonds is 6. The van der Waals surface area contributed by atoms with Crippen molar-refractivity contribution in [3.63, 3.8) is 0 Å². The van der Waals surface area contributed by atoms with Crippen LogP contribution in [0.2, 0.25) is 0 Å². The molecule has 1 aliphatic rings. The minimum absolute atomic E-state index is 0.0271. The third-order valence-electron chi connectivity index (χ3n) is 5.09. The summed E-state index contributed by atoms with van der Waals surface area (Å²) in [6.45, 7) is 0.411. The zero-order valence-corrected chi connectivity index (χ0v) is 16.2. The van der Waals surface area contributed by atoms with E-state index in [0.717, 1.165) is 23.0 Å². The van der Waals surface area contributed by atoms with Gasteiger partial charge in [0.1, 0.15) is 5.75 Å². The Hall–Kier alpha value is -3.16. The average molecular weight is 415 g/mol. The number of carbonyl (C=O) groups excluding carboxylic acids is 1. The van der Waals surface area contributed by atoms with Crippen molar-refractivity contribution in [3.8, 4) is 5.75 Å². The second-order valence-corrected chi connectivity index (χ2v) is 7.43. The number of carbonyl (C=O) groups is 1. The van der Waals surface area contributed by atoms with Crippen molar-refractivity contribution in [2.24, 2.45) is 5.92 Å². The quantitative estimate of drug-likeness (QED) is 0.642. The molecule has 0 aliphatic heterocycles. The Balaban J connectivity index is 1.33. The molecule has 1 aromatic carbocycles. The first-order chi connectivity index (χ1) is 14.3. The molecule has 2 aromatic heterocycles. The van der Waals surface area contributed by atoms with Crippen LogP contribution in [0.4, 0.5) is 13.2 Å². The van der Waals surface area contributed by atoms with Gasteiger partial charge in [0.15, 0.2) is 6.61 Å². The van der Waals surface area contributed by atoms with E-state index in [4.69, 9.17) is 0 Å². The summed E-state index contributed by atoms with van der Waals surface area (Å²) in [4.78, 5) is 21.4. The lowest BCUT2D eigenvalue weighted by Gasteiger charge is -2.14. The lowest BCUT2D eigenvalue weighted by Crippen LogP contribution is -2.29. The van der Waals surface area contributed by atoms with E-state index in [1.165, 1.54) is 12.3 Å². The number of benzene rings is 1.